The molecule has 0 bridgehead atoms. The molecule has 0 N–H and O–H groups in total. The smallest absolute Gasteiger partial charge is 0.146 e. The third kappa shape index (κ3) is 4.40. The van der Waals surface area contributed by atoms with E-state index in [0.29, 0.717) is 0 Å². The summed E-state index contributed by atoms with van der Waals surface area (Å²) in [5.41, 5.74) is 12.0. The number of hydrogen-bond acceptors (Lipinski definition) is 2. The van der Waals surface area contributed by atoms with Crippen LogP contribution in [0.2, 0.25) is 0 Å². The van der Waals surface area contributed by atoms with Gasteiger partial charge in [-0.1, -0.05) is 165 Å². The van der Waals surface area contributed by atoms with Crippen LogP contribution in [-0.4, -0.2) is 9.38 Å². The standard InChI is InChI=1S/C50H35N2PS/c1-50(2)43-20-12-11-19-39(43)40-25-22-33(29-44(40)50)34-23-27-45-47(30-34)52-46-28-24-37(53(54,35-14-5-3-6-15-35)36-16-7-4-8-17-36)31-42(46)48-38-18-10-9-13-32(38)21-26-41(48)49(52)51-45/h3-31H,1-2H3. The van der Waals surface area contributed by atoms with Gasteiger partial charge in [0.15, 0.2) is 0 Å². The van der Waals surface area contributed by atoms with E-state index in [2.05, 4.69) is 194 Å². The van der Waals surface area contributed by atoms with Crippen LogP contribution >= 0.6 is 6.04 Å². The lowest BCUT2D eigenvalue weighted by Gasteiger charge is -2.25. The highest BCUT2D eigenvalue weighted by Crippen LogP contribution is 2.50. The SMILES string of the molecule is CC1(C)c2ccccc2-c2ccc(-c3ccc4nc5c6ccc7ccccc7c6c6cc(P(=S)(c7ccccc7)c7ccccc7)ccc6n5c4c3)cc21. The minimum Gasteiger partial charge on any atom is -0.292 e. The fourth-order valence-electron chi connectivity index (χ4n) is 9.15. The Hall–Kier alpha value is -5.86. The number of benzene rings is 8. The molecule has 0 atom stereocenters. The summed E-state index contributed by atoms with van der Waals surface area (Å²) in [5, 5.41) is 9.56. The van der Waals surface area contributed by atoms with Gasteiger partial charge < -0.3 is 0 Å². The van der Waals surface area contributed by atoms with E-state index in [9.17, 15) is 0 Å². The summed E-state index contributed by atoms with van der Waals surface area (Å²) in [6.45, 7) is 4.69. The van der Waals surface area contributed by atoms with Crippen LogP contribution < -0.4 is 15.9 Å². The summed E-state index contributed by atoms with van der Waals surface area (Å²) in [6, 6.07) is 61.9. The predicted octanol–water partition coefficient (Wildman–Crippen LogP) is 11.7. The Bertz CT molecular complexity index is 3170. The lowest BCUT2D eigenvalue weighted by Crippen LogP contribution is -2.24. The van der Waals surface area contributed by atoms with Gasteiger partial charge >= 0.3 is 0 Å². The number of imidazole rings is 1. The maximum atomic E-state index is 6.88. The van der Waals surface area contributed by atoms with Gasteiger partial charge in [0.1, 0.15) is 5.65 Å². The second-order valence-corrected chi connectivity index (χ2v) is 19.5. The molecule has 0 saturated carbocycles. The van der Waals surface area contributed by atoms with Crippen molar-refractivity contribution in [2.45, 2.75) is 19.3 Å². The van der Waals surface area contributed by atoms with Crippen LogP contribution in [0.1, 0.15) is 25.0 Å². The molecule has 11 rings (SSSR count). The Morgan fingerprint density at radius 1 is 0.500 bits per heavy atom. The minimum atomic E-state index is -2.39. The maximum Gasteiger partial charge on any atom is 0.146 e. The Morgan fingerprint density at radius 3 is 1.96 bits per heavy atom. The molecule has 1 aliphatic carbocycles. The first-order chi connectivity index (χ1) is 26.4. The number of nitrogens with zero attached hydrogens (tertiary/aromatic N) is 2. The van der Waals surface area contributed by atoms with E-state index >= 15 is 0 Å². The van der Waals surface area contributed by atoms with E-state index in [4.69, 9.17) is 16.8 Å². The van der Waals surface area contributed by atoms with E-state index in [0.717, 1.165) is 27.6 Å². The molecule has 10 aromatic rings. The Labute approximate surface area is 319 Å². The van der Waals surface area contributed by atoms with Crippen molar-refractivity contribution in [1.29, 1.82) is 0 Å². The number of aromatic nitrogens is 2. The average Bonchev–Trinajstić information content (AvgIpc) is 3.73. The molecular weight excluding hydrogens is 692 g/mol. The molecular formula is C50H35N2PS. The monoisotopic (exact) mass is 726 g/mol. The minimum absolute atomic E-state index is 0.0625. The van der Waals surface area contributed by atoms with Gasteiger partial charge in [-0.2, -0.15) is 0 Å². The average molecular weight is 727 g/mol. The normalized spacial score (nSPS) is 13.6. The third-order valence-corrected chi connectivity index (χ3v) is 16.8. The van der Waals surface area contributed by atoms with E-state index in [1.165, 1.54) is 70.8 Å². The van der Waals surface area contributed by atoms with Gasteiger partial charge in [0.2, 0.25) is 0 Å². The van der Waals surface area contributed by atoms with E-state index in [-0.39, 0.29) is 5.41 Å². The highest BCUT2D eigenvalue weighted by Gasteiger charge is 2.35. The summed E-state index contributed by atoms with van der Waals surface area (Å²) in [6.07, 6.45) is 0. The van der Waals surface area contributed by atoms with Crippen LogP contribution in [0.15, 0.2) is 176 Å². The Kier molecular flexibility index (Phi) is 6.78. The topological polar surface area (TPSA) is 17.3 Å². The number of rotatable bonds is 4. The zero-order chi connectivity index (χ0) is 36.2. The number of fused-ring (bicyclic) bond motifs is 13. The molecule has 4 heteroatoms. The van der Waals surface area contributed by atoms with Gasteiger partial charge in [-0.3, -0.25) is 4.40 Å². The van der Waals surface area contributed by atoms with Gasteiger partial charge in [-0.25, -0.2) is 4.98 Å². The van der Waals surface area contributed by atoms with Crippen molar-refractivity contribution in [2.24, 2.45) is 0 Å². The van der Waals surface area contributed by atoms with Crippen molar-refractivity contribution < 1.29 is 0 Å². The van der Waals surface area contributed by atoms with Gasteiger partial charge in [0.05, 0.1) is 16.6 Å². The van der Waals surface area contributed by atoms with Crippen molar-refractivity contribution in [3.63, 3.8) is 0 Å². The van der Waals surface area contributed by atoms with Crippen LogP contribution in [0.4, 0.5) is 0 Å². The molecule has 0 aliphatic heterocycles. The fraction of sp³-hybridized carbons (Fsp3) is 0.0600. The zero-order valence-electron chi connectivity index (χ0n) is 30.0. The maximum absolute atomic E-state index is 6.88. The van der Waals surface area contributed by atoms with E-state index < -0.39 is 6.04 Å². The molecule has 256 valence electrons. The van der Waals surface area contributed by atoms with Crippen molar-refractivity contribution in [1.82, 2.24) is 9.38 Å². The summed E-state index contributed by atoms with van der Waals surface area (Å²) < 4.78 is 2.39. The molecule has 8 aromatic carbocycles. The molecule has 0 amide bonds. The molecule has 1 aliphatic rings. The fourth-order valence-corrected chi connectivity index (χ4v) is 12.9. The first-order valence-corrected chi connectivity index (χ1v) is 21.4. The lowest BCUT2D eigenvalue weighted by atomic mass is 9.81. The van der Waals surface area contributed by atoms with Crippen LogP contribution in [0.3, 0.4) is 0 Å². The largest absolute Gasteiger partial charge is 0.292 e. The van der Waals surface area contributed by atoms with Gasteiger partial charge in [0.25, 0.3) is 0 Å². The summed E-state index contributed by atoms with van der Waals surface area (Å²) in [4.78, 5) is 5.36. The molecule has 0 fully saturated rings. The predicted molar refractivity (Wildman–Crippen MR) is 234 cm³/mol. The second kappa shape index (κ2) is 11.6. The van der Waals surface area contributed by atoms with Crippen LogP contribution in [0.5, 0.6) is 0 Å². The summed E-state index contributed by atoms with van der Waals surface area (Å²) >= 11 is 6.88. The first kappa shape index (κ1) is 31.6. The number of hydrogen-bond donors (Lipinski definition) is 0. The third-order valence-electron chi connectivity index (χ3n) is 11.8. The van der Waals surface area contributed by atoms with Crippen LogP contribution in [0.25, 0.3) is 71.4 Å². The van der Waals surface area contributed by atoms with E-state index in [1.54, 1.807) is 0 Å². The highest BCUT2D eigenvalue weighted by atomic mass is 32.4. The summed E-state index contributed by atoms with van der Waals surface area (Å²) in [7, 11) is 0. The molecule has 54 heavy (non-hydrogen) atoms. The molecule has 0 unspecified atom stereocenters. The molecule has 0 radical (unpaired) electrons. The quantitative estimate of drug-likeness (QED) is 0.133. The van der Waals surface area contributed by atoms with Crippen molar-refractivity contribution in [2.75, 3.05) is 0 Å². The zero-order valence-corrected chi connectivity index (χ0v) is 31.7. The van der Waals surface area contributed by atoms with Crippen molar-refractivity contribution >= 4 is 82.9 Å². The molecule has 0 saturated heterocycles. The molecule has 2 heterocycles. The Balaban J connectivity index is 1.20. The molecule has 2 aromatic heterocycles. The van der Waals surface area contributed by atoms with Crippen LogP contribution in [0, 0.1) is 0 Å². The van der Waals surface area contributed by atoms with Crippen LogP contribution in [-0.2, 0) is 17.2 Å². The van der Waals surface area contributed by atoms with Crippen molar-refractivity contribution in [3.05, 3.63) is 187 Å². The first-order valence-electron chi connectivity index (χ1n) is 18.6. The van der Waals surface area contributed by atoms with Gasteiger partial charge in [-0.15, -0.1) is 0 Å². The van der Waals surface area contributed by atoms with Crippen molar-refractivity contribution in [3.8, 4) is 22.3 Å². The Morgan fingerprint density at radius 2 is 1.17 bits per heavy atom. The molecule has 2 nitrogen and oxygen atoms in total. The molecule has 0 spiro atoms. The van der Waals surface area contributed by atoms with E-state index in [1.807, 2.05) is 0 Å². The van der Waals surface area contributed by atoms with Gasteiger partial charge in [0, 0.05) is 27.6 Å². The van der Waals surface area contributed by atoms with Gasteiger partial charge in [-0.05, 0) is 96.5 Å². The highest BCUT2D eigenvalue weighted by molar-refractivity contribution is 8.25. The summed E-state index contributed by atoms with van der Waals surface area (Å²) in [5.74, 6) is 0. The second-order valence-electron chi connectivity index (χ2n) is 15.1. The number of pyridine rings is 1. The lowest BCUT2D eigenvalue weighted by molar-refractivity contribution is 0.660.